The first-order valence-electron chi connectivity index (χ1n) is 19.1. The largest absolute Gasteiger partial charge is 0.356 e. The molecule has 0 saturated carbocycles. The van der Waals surface area contributed by atoms with E-state index in [4.69, 9.17) is 0 Å². The van der Waals surface area contributed by atoms with Gasteiger partial charge in [-0.3, -0.25) is 0 Å². The van der Waals surface area contributed by atoms with Crippen LogP contribution >= 0.6 is 0 Å². The van der Waals surface area contributed by atoms with Crippen LogP contribution in [0.1, 0.15) is 22.7 Å². The van der Waals surface area contributed by atoms with Gasteiger partial charge in [-0.15, -0.1) is 0 Å². The Labute approximate surface area is 320 Å². The number of rotatable bonds is 7. The average Bonchev–Trinajstić information content (AvgIpc) is 3.76. The molecule has 0 aliphatic carbocycles. The molecule has 1 unspecified atom stereocenters. The third kappa shape index (κ3) is 5.20. The van der Waals surface area contributed by atoms with Crippen molar-refractivity contribution < 1.29 is 0 Å². The molecule has 0 spiro atoms. The van der Waals surface area contributed by atoms with Crippen molar-refractivity contribution in [3.63, 3.8) is 0 Å². The Morgan fingerprint density at radius 3 is 1.51 bits per heavy atom. The summed E-state index contributed by atoms with van der Waals surface area (Å²) < 4.78 is 4.81. The fourth-order valence-electron chi connectivity index (χ4n) is 8.81. The van der Waals surface area contributed by atoms with Gasteiger partial charge in [-0.05, 0) is 94.6 Å². The monoisotopic (exact) mass is 703 g/mol. The molecule has 0 amide bonds. The highest BCUT2D eigenvalue weighted by molar-refractivity contribution is 6.12. The van der Waals surface area contributed by atoms with Crippen LogP contribution in [0.25, 0.3) is 71.8 Å². The number of benzene rings is 8. The maximum absolute atomic E-state index is 2.54. The van der Waals surface area contributed by atoms with Gasteiger partial charge in [-0.25, -0.2) is 0 Å². The highest BCUT2D eigenvalue weighted by atomic mass is 15.2. The van der Waals surface area contributed by atoms with Crippen LogP contribution in [0.4, 0.5) is 0 Å². The Hall–Kier alpha value is -7.10. The molecule has 10 aromatic rings. The highest BCUT2D eigenvalue weighted by Crippen LogP contribution is 2.43. The van der Waals surface area contributed by atoms with Crippen molar-refractivity contribution in [2.45, 2.75) is 12.6 Å². The molecule has 3 heteroatoms. The predicted octanol–water partition coefficient (Wildman–Crippen LogP) is 13.1. The lowest BCUT2D eigenvalue weighted by Gasteiger charge is -2.42. The topological polar surface area (TPSA) is 13.1 Å². The standard InChI is InChI=1S/C52H37N3/c1-4-16-37(17-5-1)51-34-52(38-18-6-2-7-19-38)53(51)35-36-15-14-22-42(31-36)55-48-26-13-11-24-44(48)46-33-40(28-30-50(46)55)39-27-29-49-45(32-39)43-23-10-12-25-47(43)54(49)41-20-8-3-9-21-41/h1-34,51H,35H2. The quantitative estimate of drug-likeness (QED) is 0.161. The van der Waals surface area contributed by atoms with Crippen LogP contribution in [0, 0.1) is 0 Å². The summed E-state index contributed by atoms with van der Waals surface area (Å²) in [5, 5.41) is 5.04. The fourth-order valence-corrected chi connectivity index (χ4v) is 8.81. The Morgan fingerprint density at radius 2 is 0.873 bits per heavy atom. The zero-order valence-electron chi connectivity index (χ0n) is 30.3. The Balaban J connectivity index is 0.993. The number of hydrogen-bond acceptors (Lipinski definition) is 1. The second-order valence-corrected chi connectivity index (χ2v) is 14.6. The van der Waals surface area contributed by atoms with E-state index >= 15 is 0 Å². The average molecular weight is 704 g/mol. The summed E-state index contributed by atoms with van der Waals surface area (Å²) in [5.41, 5.74) is 14.8. The normalized spacial score (nSPS) is 14.1. The minimum atomic E-state index is 0.237. The van der Waals surface area contributed by atoms with Gasteiger partial charge in [0, 0.05) is 45.2 Å². The Morgan fingerprint density at radius 1 is 0.364 bits per heavy atom. The van der Waals surface area contributed by atoms with Crippen LogP contribution in [0.15, 0.2) is 206 Å². The molecule has 0 N–H and O–H groups in total. The third-order valence-corrected chi connectivity index (χ3v) is 11.4. The predicted molar refractivity (Wildman–Crippen MR) is 230 cm³/mol. The molecule has 8 aromatic carbocycles. The van der Waals surface area contributed by atoms with Crippen LogP contribution < -0.4 is 0 Å². The van der Waals surface area contributed by atoms with Crippen LogP contribution in [0.5, 0.6) is 0 Å². The van der Waals surface area contributed by atoms with Crippen LogP contribution in [0.3, 0.4) is 0 Å². The summed E-state index contributed by atoms with van der Waals surface area (Å²) in [4.78, 5) is 2.54. The van der Waals surface area contributed by atoms with E-state index in [1.807, 2.05) is 0 Å². The number of aromatic nitrogens is 2. The number of nitrogens with zero attached hydrogens (tertiary/aromatic N) is 3. The summed E-state index contributed by atoms with van der Waals surface area (Å²) in [6, 6.07) is 73.1. The zero-order chi connectivity index (χ0) is 36.3. The minimum absolute atomic E-state index is 0.237. The molecule has 0 saturated heterocycles. The lowest BCUT2D eigenvalue weighted by molar-refractivity contribution is 0.298. The van der Waals surface area contributed by atoms with Crippen LogP contribution in [-0.2, 0) is 6.54 Å². The lowest BCUT2D eigenvalue weighted by Crippen LogP contribution is -2.33. The summed E-state index contributed by atoms with van der Waals surface area (Å²) in [7, 11) is 0. The first-order chi connectivity index (χ1) is 27.3. The van der Waals surface area contributed by atoms with E-state index in [1.54, 1.807) is 0 Å². The third-order valence-electron chi connectivity index (χ3n) is 11.4. The molecule has 1 aliphatic heterocycles. The van der Waals surface area contributed by atoms with Crippen molar-refractivity contribution in [2.75, 3.05) is 0 Å². The second-order valence-electron chi connectivity index (χ2n) is 14.6. The summed E-state index contributed by atoms with van der Waals surface area (Å²) in [5.74, 6) is 0. The number of fused-ring (bicyclic) bond motifs is 6. The summed E-state index contributed by atoms with van der Waals surface area (Å²) in [6.45, 7) is 0.818. The van der Waals surface area contributed by atoms with Gasteiger partial charge >= 0.3 is 0 Å². The second kappa shape index (κ2) is 12.8. The smallest absolute Gasteiger partial charge is 0.0753 e. The van der Waals surface area contributed by atoms with Gasteiger partial charge in [0.1, 0.15) is 0 Å². The van der Waals surface area contributed by atoms with Crippen molar-refractivity contribution in [3.8, 4) is 22.5 Å². The molecule has 0 fully saturated rings. The first-order valence-corrected chi connectivity index (χ1v) is 19.1. The fraction of sp³-hybridized carbons (Fsp3) is 0.0385. The zero-order valence-corrected chi connectivity index (χ0v) is 30.3. The maximum atomic E-state index is 2.54. The molecule has 260 valence electrons. The molecular formula is C52H37N3. The maximum Gasteiger partial charge on any atom is 0.0753 e. The van der Waals surface area contributed by atoms with Crippen LogP contribution in [-0.4, -0.2) is 14.0 Å². The molecular weight excluding hydrogens is 667 g/mol. The number of hydrogen-bond donors (Lipinski definition) is 0. The van der Waals surface area contributed by atoms with Gasteiger partial charge in [-0.1, -0.05) is 140 Å². The molecule has 11 rings (SSSR count). The Kier molecular flexibility index (Phi) is 7.31. The molecule has 3 nitrogen and oxygen atoms in total. The van der Waals surface area contributed by atoms with Crippen molar-refractivity contribution >= 4 is 49.3 Å². The van der Waals surface area contributed by atoms with E-state index < -0.39 is 0 Å². The highest BCUT2D eigenvalue weighted by Gasteiger charge is 2.31. The molecule has 3 heterocycles. The van der Waals surface area contributed by atoms with Gasteiger partial charge in [0.2, 0.25) is 0 Å². The molecule has 55 heavy (non-hydrogen) atoms. The van der Waals surface area contributed by atoms with Crippen molar-refractivity contribution in [3.05, 3.63) is 223 Å². The molecule has 1 aliphatic rings. The molecule has 0 bridgehead atoms. The van der Waals surface area contributed by atoms with Gasteiger partial charge < -0.3 is 14.0 Å². The van der Waals surface area contributed by atoms with Gasteiger partial charge in [0.15, 0.2) is 0 Å². The van der Waals surface area contributed by atoms with Crippen molar-refractivity contribution in [1.29, 1.82) is 0 Å². The van der Waals surface area contributed by atoms with Crippen LogP contribution in [0.2, 0.25) is 0 Å². The first kappa shape index (κ1) is 31.4. The SMILES string of the molecule is C1=C(c2ccccc2)N(Cc2cccc(-n3c4ccccc4c4cc(-c5ccc6c(c5)c5ccccc5n6-c5ccccc5)ccc43)c2)C1c1ccccc1. The summed E-state index contributed by atoms with van der Waals surface area (Å²) >= 11 is 0. The van der Waals surface area contributed by atoms with Crippen molar-refractivity contribution in [2.24, 2.45) is 0 Å². The number of para-hydroxylation sites is 3. The van der Waals surface area contributed by atoms with E-state index in [0.29, 0.717) is 0 Å². The Bertz CT molecular complexity index is 3060. The minimum Gasteiger partial charge on any atom is -0.356 e. The van der Waals surface area contributed by atoms with E-state index in [0.717, 1.165) is 6.54 Å². The van der Waals surface area contributed by atoms with E-state index in [9.17, 15) is 0 Å². The van der Waals surface area contributed by atoms with E-state index in [-0.39, 0.29) is 6.04 Å². The lowest BCUT2D eigenvalue weighted by atomic mass is 9.92. The molecule has 0 radical (unpaired) electrons. The van der Waals surface area contributed by atoms with E-state index in [2.05, 4.69) is 220 Å². The van der Waals surface area contributed by atoms with Gasteiger partial charge in [0.05, 0.1) is 28.1 Å². The van der Waals surface area contributed by atoms with Crippen molar-refractivity contribution in [1.82, 2.24) is 14.0 Å². The molecule has 2 aromatic heterocycles. The van der Waals surface area contributed by atoms with Gasteiger partial charge in [0.25, 0.3) is 0 Å². The van der Waals surface area contributed by atoms with E-state index in [1.165, 1.54) is 88.5 Å². The molecule has 1 atom stereocenters. The van der Waals surface area contributed by atoms with Gasteiger partial charge in [-0.2, -0.15) is 0 Å². The summed E-state index contributed by atoms with van der Waals surface area (Å²) in [6.07, 6.45) is 2.40.